The third-order valence-electron chi connectivity index (χ3n) is 4.47. The Hall–Kier alpha value is -3.07. The molecule has 0 amide bonds. The van der Waals surface area contributed by atoms with Gasteiger partial charge in [-0.1, -0.05) is 50.1 Å². The van der Waals surface area contributed by atoms with Crippen molar-refractivity contribution in [1.82, 2.24) is 0 Å². The standard InChI is InChI=1S/C20H16N3/c1-3-8-16(9-4-1)21-14-18-12-7-13-19-15-22(20(21)23(18)19)17-10-5-2-6-11-17/h1-15,20H/q+3. The van der Waals surface area contributed by atoms with Crippen LogP contribution in [-0.2, 0) is 0 Å². The van der Waals surface area contributed by atoms with Crippen LogP contribution in [0.4, 0.5) is 11.4 Å². The van der Waals surface area contributed by atoms with Gasteiger partial charge in [0.1, 0.15) is 0 Å². The van der Waals surface area contributed by atoms with Crippen molar-refractivity contribution in [3.05, 3.63) is 90.3 Å². The lowest BCUT2D eigenvalue weighted by atomic mass is 10.3. The van der Waals surface area contributed by atoms with Gasteiger partial charge in [-0.15, -0.1) is 0 Å². The van der Waals surface area contributed by atoms with Crippen molar-refractivity contribution in [3.8, 4) is 0 Å². The number of hydrogen-bond acceptors (Lipinski definition) is 0. The molecule has 0 saturated carbocycles. The van der Waals surface area contributed by atoms with E-state index in [1.807, 2.05) is 0 Å². The highest BCUT2D eigenvalue weighted by atomic mass is 15.4. The van der Waals surface area contributed by atoms with Crippen molar-refractivity contribution in [2.75, 3.05) is 0 Å². The molecule has 108 valence electrons. The number of hydrogen-bond donors (Lipinski definition) is 0. The zero-order chi connectivity index (χ0) is 15.2. The average Bonchev–Trinajstić information content (AvgIpc) is 3.20. The van der Waals surface area contributed by atoms with E-state index in [2.05, 4.69) is 105 Å². The van der Waals surface area contributed by atoms with Crippen LogP contribution in [-0.4, -0.2) is 21.6 Å². The second-order valence-electron chi connectivity index (χ2n) is 5.84. The van der Waals surface area contributed by atoms with Crippen LogP contribution in [0.3, 0.4) is 0 Å². The topological polar surface area (TPSA) is 9.90 Å². The van der Waals surface area contributed by atoms with Crippen LogP contribution in [0, 0.1) is 0 Å². The van der Waals surface area contributed by atoms with Crippen molar-refractivity contribution in [3.63, 3.8) is 0 Å². The van der Waals surface area contributed by atoms with Crippen LogP contribution in [0.15, 0.2) is 78.9 Å². The molecule has 0 spiro atoms. The largest absolute Gasteiger partial charge is 0.555 e. The number of aromatic nitrogens is 1. The Balaban J connectivity index is 1.72. The van der Waals surface area contributed by atoms with E-state index in [0.29, 0.717) is 0 Å². The quantitative estimate of drug-likeness (QED) is 0.644. The highest BCUT2D eigenvalue weighted by molar-refractivity contribution is 5.77. The highest BCUT2D eigenvalue weighted by Crippen LogP contribution is 2.29. The first-order valence-corrected chi connectivity index (χ1v) is 7.83. The zero-order valence-corrected chi connectivity index (χ0v) is 12.6. The number of para-hydroxylation sites is 2. The lowest BCUT2D eigenvalue weighted by molar-refractivity contribution is -0.967. The van der Waals surface area contributed by atoms with Crippen LogP contribution in [0.1, 0.15) is 17.7 Å². The zero-order valence-electron chi connectivity index (χ0n) is 12.6. The summed E-state index contributed by atoms with van der Waals surface area (Å²) in [4.78, 5) is 0. The number of pyridine rings is 1. The lowest BCUT2D eigenvalue weighted by Gasteiger charge is -2.02. The molecule has 3 nitrogen and oxygen atoms in total. The Morgan fingerprint density at radius 3 is 1.48 bits per heavy atom. The Labute approximate surface area is 134 Å². The molecule has 3 heterocycles. The fourth-order valence-corrected chi connectivity index (χ4v) is 3.45. The van der Waals surface area contributed by atoms with Crippen molar-refractivity contribution < 1.29 is 13.7 Å². The molecule has 5 rings (SSSR count). The van der Waals surface area contributed by atoms with E-state index in [1.54, 1.807) is 0 Å². The Bertz CT molecular complexity index is 881. The molecule has 0 aliphatic carbocycles. The fourth-order valence-electron chi connectivity index (χ4n) is 3.45. The summed E-state index contributed by atoms with van der Waals surface area (Å²) in [5.74, 6) is 0. The lowest BCUT2D eigenvalue weighted by Crippen LogP contribution is -2.44. The van der Waals surface area contributed by atoms with Gasteiger partial charge in [-0.3, -0.25) is 0 Å². The van der Waals surface area contributed by atoms with E-state index in [1.165, 1.54) is 22.8 Å². The monoisotopic (exact) mass is 298 g/mol. The molecule has 0 N–H and O–H groups in total. The van der Waals surface area contributed by atoms with Crippen molar-refractivity contribution in [2.24, 2.45) is 0 Å². The molecule has 3 heteroatoms. The number of benzene rings is 2. The summed E-state index contributed by atoms with van der Waals surface area (Å²) in [6, 6.07) is 27.5. The summed E-state index contributed by atoms with van der Waals surface area (Å²) in [5.41, 5.74) is 4.85. The average molecular weight is 298 g/mol. The van der Waals surface area contributed by atoms with Crippen molar-refractivity contribution in [1.29, 1.82) is 0 Å². The summed E-state index contributed by atoms with van der Waals surface area (Å²) in [5, 5.41) is 0. The van der Waals surface area contributed by atoms with Crippen LogP contribution >= 0.6 is 0 Å². The minimum Gasteiger partial charge on any atom is -0.0681 e. The Morgan fingerprint density at radius 1 is 0.522 bits per heavy atom. The predicted molar refractivity (Wildman–Crippen MR) is 88.7 cm³/mol. The molecule has 2 aliphatic heterocycles. The molecular weight excluding hydrogens is 282 g/mol. The van der Waals surface area contributed by atoms with E-state index in [9.17, 15) is 0 Å². The first-order chi connectivity index (χ1) is 11.4. The normalized spacial score (nSPS) is 15.3. The molecule has 0 bridgehead atoms. The fraction of sp³-hybridized carbons (Fsp3) is 0.0500. The maximum absolute atomic E-state index is 2.38. The third-order valence-corrected chi connectivity index (χ3v) is 4.47. The minimum atomic E-state index is 0.117. The second kappa shape index (κ2) is 4.71. The summed E-state index contributed by atoms with van der Waals surface area (Å²) >= 11 is 0. The van der Waals surface area contributed by atoms with Crippen LogP contribution in [0.5, 0.6) is 0 Å². The second-order valence-corrected chi connectivity index (χ2v) is 5.84. The van der Waals surface area contributed by atoms with Crippen molar-refractivity contribution >= 4 is 23.8 Å². The van der Waals surface area contributed by atoms with Gasteiger partial charge in [0.15, 0.2) is 0 Å². The molecule has 0 atom stereocenters. The summed E-state index contributed by atoms with van der Waals surface area (Å²) in [7, 11) is 0. The Morgan fingerprint density at radius 2 is 1.00 bits per heavy atom. The molecule has 0 unspecified atom stereocenters. The van der Waals surface area contributed by atoms with E-state index in [4.69, 9.17) is 0 Å². The third kappa shape index (κ3) is 1.80. The van der Waals surface area contributed by atoms with Gasteiger partial charge in [-0.2, -0.15) is 0 Å². The first kappa shape index (κ1) is 12.5. The molecule has 1 aromatic heterocycles. The van der Waals surface area contributed by atoms with Gasteiger partial charge in [-0.25, -0.2) is 0 Å². The maximum atomic E-state index is 2.38. The van der Waals surface area contributed by atoms with E-state index >= 15 is 0 Å². The van der Waals surface area contributed by atoms with E-state index in [0.717, 1.165) is 0 Å². The Kier molecular flexibility index (Phi) is 2.56. The summed E-state index contributed by atoms with van der Waals surface area (Å²) < 4.78 is 7.03. The predicted octanol–water partition coefficient (Wildman–Crippen LogP) is 2.98. The first-order valence-electron chi connectivity index (χ1n) is 7.83. The van der Waals surface area contributed by atoms with Crippen LogP contribution in [0.25, 0.3) is 0 Å². The van der Waals surface area contributed by atoms with Gasteiger partial charge >= 0.3 is 6.29 Å². The molecular formula is C20H16N3+3. The van der Waals surface area contributed by atoms with Gasteiger partial charge in [0, 0.05) is 36.4 Å². The summed E-state index contributed by atoms with van der Waals surface area (Å²) in [6.45, 7) is 0. The van der Waals surface area contributed by atoms with Crippen LogP contribution in [0.2, 0.25) is 0 Å². The van der Waals surface area contributed by atoms with Crippen molar-refractivity contribution in [2.45, 2.75) is 6.29 Å². The summed E-state index contributed by atoms with van der Waals surface area (Å²) in [6.07, 6.45) is 4.57. The maximum Gasteiger partial charge on any atom is 0.555 e. The molecule has 23 heavy (non-hydrogen) atoms. The molecule has 3 aromatic rings. The highest BCUT2D eigenvalue weighted by Gasteiger charge is 2.55. The molecule has 2 aliphatic rings. The SMILES string of the molecule is C1=[N+](c2ccccc2)C2[N+](c3ccccc3)=Cc3cccc1[n+]32. The minimum absolute atomic E-state index is 0.117. The van der Waals surface area contributed by atoms with Gasteiger partial charge in [-0.05, 0) is 6.07 Å². The van der Waals surface area contributed by atoms with E-state index < -0.39 is 0 Å². The van der Waals surface area contributed by atoms with Gasteiger partial charge in [0.25, 0.3) is 23.8 Å². The molecule has 0 fully saturated rings. The van der Waals surface area contributed by atoms with Gasteiger partial charge < -0.3 is 0 Å². The smallest absolute Gasteiger partial charge is 0.0681 e. The van der Waals surface area contributed by atoms with Crippen LogP contribution < -0.4 is 4.57 Å². The van der Waals surface area contributed by atoms with E-state index in [-0.39, 0.29) is 6.29 Å². The number of nitrogens with zero attached hydrogens (tertiary/aromatic N) is 3. The van der Waals surface area contributed by atoms with Gasteiger partial charge in [0.2, 0.25) is 11.4 Å². The molecule has 0 radical (unpaired) electrons. The molecule has 2 aromatic carbocycles. The van der Waals surface area contributed by atoms with Gasteiger partial charge in [0.05, 0.1) is 0 Å². The molecule has 0 saturated heterocycles. The number of rotatable bonds is 2.